The zero-order chi connectivity index (χ0) is 49.4. The van der Waals surface area contributed by atoms with Gasteiger partial charge >= 0.3 is 0 Å². The van der Waals surface area contributed by atoms with E-state index in [9.17, 15) is 9.50 Å². The van der Waals surface area contributed by atoms with Gasteiger partial charge in [-0.1, -0.05) is 73.5 Å². The number of aromatic nitrogens is 3. The van der Waals surface area contributed by atoms with Gasteiger partial charge in [0.2, 0.25) is 0 Å². The monoisotopic (exact) mass is 989 g/mol. The molecule has 2 N–H and O–H groups in total. The Morgan fingerprint density at radius 1 is 0.831 bits per heavy atom. The van der Waals surface area contributed by atoms with Crippen LogP contribution in [-0.4, -0.2) is 94.1 Å². The molecule has 6 aromatic rings. The second-order valence-electron chi connectivity index (χ2n) is 18.8. The van der Waals surface area contributed by atoms with Gasteiger partial charge in [-0.2, -0.15) is 5.10 Å². The minimum Gasteiger partial charge on any atom is -0.508 e. The summed E-state index contributed by atoms with van der Waals surface area (Å²) in [5.41, 5.74) is 2.67. The molecular formula is C55H65F2N7O6S. The molecule has 0 saturated carbocycles. The van der Waals surface area contributed by atoms with Crippen LogP contribution in [0.3, 0.4) is 0 Å². The van der Waals surface area contributed by atoms with Crippen molar-refractivity contribution >= 4 is 32.5 Å². The maximum Gasteiger partial charge on any atom is 0.286 e. The molecule has 3 aliphatic rings. The minimum atomic E-state index is -2.36. The fourth-order valence-electron chi connectivity index (χ4n) is 9.91. The maximum atomic E-state index is 15.1. The van der Waals surface area contributed by atoms with Crippen LogP contribution in [-0.2, 0) is 21.6 Å². The number of benzene rings is 5. The van der Waals surface area contributed by atoms with E-state index in [0.29, 0.717) is 18.1 Å². The van der Waals surface area contributed by atoms with Gasteiger partial charge in [0, 0.05) is 77.1 Å². The Hall–Kier alpha value is -6.36. The van der Waals surface area contributed by atoms with E-state index >= 15 is 9.18 Å². The Bertz CT molecular complexity index is 2670. The first-order chi connectivity index (χ1) is 34.5. The second-order valence-corrected chi connectivity index (χ2v) is 21.7. The first-order valence-electron chi connectivity index (χ1n) is 24.9. The van der Waals surface area contributed by atoms with E-state index in [0.717, 1.165) is 71.9 Å². The fourth-order valence-corrected chi connectivity index (χ4v) is 13.4. The number of ether oxygens (including phenoxy) is 4. The van der Waals surface area contributed by atoms with Gasteiger partial charge in [0.25, 0.3) is 5.24 Å². The fraction of sp³-hybridized carbons (Fsp3) is 0.400. The lowest BCUT2D eigenvalue weighted by Crippen LogP contribution is -2.46. The van der Waals surface area contributed by atoms with E-state index in [2.05, 4.69) is 55.8 Å². The summed E-state index contributed by atoms with van der Waals surface area (Å²) in [7, 11) is -2.36. The number of hydrogen-bond acceptors (Lipinski definition) is 11. The lowest BCUT2D eigenvalue weighted by Gasteiger charge is -2.38. The molecule has 0 radical (unpaired) electrons. The van der Waals surface area contributed by atoms with Crippen LogP contribution < -0.4 is 24.0 Å². The van der Waals surface area contributed by atoms with Crippen molar-refractivity contribution in [2.24, 2.45) is 0 Å². The highest BCUT2D eigenvalue weighted by molar-refractivity contribution is 8.46. The Kier molecular flexibility index (Phi) is 15.6. The van der Waals surface area contributed by atoms with Crippen LogP contribution >= 0.6 is 10.2 Å². The highest BCUT2D eigenvalue weighted by Crippen LogP contribution is 2.65. The van der Waals surface area contributed by atoms with E-state index in [4.69, 9.17) is 18.9 Å². The van der Waals surface area contributed by atoms with Gasteiger partial charge in [-0.15, -0.1) is 0 Å². The van der Waals surface area contributed by atoms with Crippen molar-refractivity contribution < 1.29 is 37.6 Å². The minimum absolute atomic E-state index is 0.0143. The van der Waals surface area contributed by atoms with Crippen molar-refractivity contribution in [1.29, 1.82) is 0 Å². The Balaban J connectivity index is 0.835. The maximum absolute atomic E-state index is 15.1. The number of carbonyl (C=O) groups excluding carboxylic acids is 1. The molecule has 13 nitrogen and oxygen atoms in total. The lowest BCUT2D eigenvalue weighted by atomic mass is 9.94. The van der Waals surface area contributed by atoms with Gasteiger partial charge in [-0.05, 0) is 105 Å². The van der Waals surface area contributed by atoms with Crippen LogP contribution in [0.1, 0.15) is 76.5 Å². The summed E-state index contributed by atoms with van der Waals surface area (Å²) in [6.07, 6.45) is 9.31. The van der Waals surface area contributed by atoms with Crippen LogP contribution in [0.2, 0.25) is 0 Å². The van der Waals surface area contributed by atoms with Gasteiger partial charge in [-0.3, -0.25) is 4.79 Å². The molecule has 4 atom stereocenters. The molecule has 71 heavy (non-hydrogen) atoms. The molecule has 1 amide bonds. The summed E-state index contributed by atoms with van der Waals surface area (Å²) in [4.78, 5) is 26.7. The summed E-state index contributed by atoms with van der Waals surface area (Å²) < 4.78 is 58.7. The molecule has 3 aliphatic heterocycles. The predicted octanol–water partition coefficient (Wildman–Crippen LogP) is 11.5. The number of piperazine rings is 1. The van der Waals surface area contributed by atoms with Crippen molar-refractivity contribution in [2.45, 2.75) is 94.7 Å². The standard InChI is InChI=1S/C55H65F2N7O6S/c1-4-5-6-7-8-11-32-67-45-21-15-42(16-22-45)60-71(35-51(64(40(2)3)54(71)66)48-12-9-10-13-52(48)65)47-25-19-44(20-26-47)62-30-28-61(29-31-62)43-17-23-46(24-18-43)68-34-53-69-37-55(70-53,36-63-39-58-38-59-63)49-27-14-41(56)33-50(49)57/h9-10,12-27,33,38-40,51,53,60,65H,4-8,11,28-32,34-37H2,1-3H3/t51?,53-,55+/m0/s1. The van der Waals surface area contributed by atoms with Crippen LogP contribution in [0.15, 0.2) is 133 Å². The van der Waals surface area contributed by atoms with Crippen LogP contribution in [0.4, 0.5) is 30.6 Å². The normalized spacial score (nSPS) is 22.2. The number of unbranched alkanes of at least 4 members (excludes halogenated alkanes) is 5. The smallest absolute Gasteiger partial charge is 0.286 e. The SMILES string of the molecule is CCCCCCCCOc1ccc(NS2(c3ccc(N4CCN(c5ccc(OC[C@H]6OC[C@](Cn7cncn7)(c7ccc(F)cc7F)O6)cc5)CC4)cc3)CC(c3ccccc3O)N(C(C)C)C2=O)cc1. The molecular weight excluding hydrogens is 925 g/mol. The zero-order valence-corrected chi connectivity index (χ0v) is 41.6. The molecule has 4 heterocycles. The number of hydrogen-bond donors (Lipinski definition) is 2. The van der Waals surface area contributed by atoms with Crippen molar-refractivity contribution in [3.63, 3.8) is 0 Å². The lowest BCUT2D eigenvalue weighted by molar-refractivity contribution is -0.117. The van der Waals surface area contributed by atoms with Crippen molar-refractivity contribution in [2.75, 3.05) is 66.3 Å². The van der Waals surface area contributed by atoms with Crippen molar-refractivity contribution in [1.82, 2.24) is 19.7 Å². The average molecular weight is 990 g/mol. The number of nitrogens with zero attached hydrogens (tertiary/aromatic N) is 6. The van der Waals surface area contributed by atoms with Gasteiger partial charge in [0.1, 0.15) is 53.7 Å². The molecule has 0 spiro atoms. The number of aromatic hydroxyl groups is 1. The summed E-state index contributed by atoms with van der Waals surface area (Å²) in [5, 5.41) is 15.3. The quantitative estimate of drug-likeness (QED) is 0.0669. The number of halogens is 2. The molecule has 376 valence electrons. The first kappa shape index (κ1) is 49.6. The van der Waals surface area contributed by atoms with Gasteiger partial charge in [0.15, 0.2) is 6.29 Å². The molecule has 2 unspecified atom stereocenters. The van der Waals surface area contributed by atoms with Crippen molar-refractivity contribution in [3.8, 4) is 17.2 Å². The highest BCUT2D eigenvalue weighted by Gasteiger charge is 2.51. The molecule has 9 rings (SSSR count). The zero-order valence-electron chi connectivity index (χ0n) is 40.8. The van der Waals surface area contributed by atoms with Gasteiger partial charge < -0.3 is 43.5 Å². The molecule has 5 aromatic carbocycles. The number of phenols is 1. The summed E-state index contributed by atoms with van der Waals surface area (Å²) in [5.74, 6) is 0.726. The number of anilines is 3. The first-order valence-corrected chi connectivity index (χ1v) is 26.7. The second kappa shape index (κ2) is 22.4. The average Bonchev–Trinajstić information content (AvgIpc) is 4.13. The third-order valence-electron chi connectivity index (χ3n) is 13.7. The Morgan fingerprint density at radius 2 is 1.49 bits per heavy atom. The van der Waals surface area contributed by atoms with E-state index in [1.165, 1.54) is 61.6 Å². The topological polar surface area (TPSA) is 127 Å². The predicted molar refractivity (Wildman–Crippen MR) is 275 cm³/mol. The van der Waals surface area contributed by atoms with E-state index < -0.39 is 33.7 Å². The molecule has 16 heteroatoms. The Labute approximate surface area is 417 Å². The molecule has 3 saturated heterocycles. The number of nitrogens with one attached hydrogen (secondary N) is 1. The summed E-state index contributed by atoms with van der Waals surface area (Å²) in [6, 6.07) is 34.8. The number of phenolic OH excluding ortho intramolecular Hbond substituents is 1. The molecule has 3 fully saturated rings. The largest absolute Gasteiger partial charge is 0.508 e. The van der Waals surface area contributed by atoms with Gasteiger partial charge in [-0.25, -0.2) is 18.4 Å². The van der Waals surface area contributed by atoms with Crippen molar-refractivity contribution in [3.05, 3.63) is 151 Å². The van der Waals surface area contributed by atoms with E-state index in [1.807, 2.05) is 85.5 Å². The van der Waals surface area contributed by atoms with Crippen LogP contribution in [0, 0.1) is 11.6 Å². The molecule has 1 aromatic heterocycles. The van der Waals surface area contributed by atoms with E-state index in [1.54, 1.807) is 6.07 Å². The highest BCUT2D eigenvalue weighted by atomic mass is 32.3. The number of amides is 1. The van der Waals surface area contributed by atoms with E-state index in [-0.39, 0.29) is 48.4 Å². The molecule has 0 aliphatic carbocycles. The third kappa shape index (κ3) is 11.2. The summed E-state index contributed by atoms with van der Waals surface area (Å²) in [6.45, 7) is 10.4. The Morgan fingerprint density at radius 3 is 2.15 bits per heavy atom. The van der Waals surface area contributed by atoms with Gasteiger partial charge in [0.05, 0.1) is 25.8 Å². The summed E-state index contributed by atoms with van der Waals surface area (Å²) >= 11 is 0. The number of rotatable bonds is 21. The number of carbonyl (C=O) groups is 1. The third-order valence-corrected chi connectivity index (χ3v) is 16.9. The van der Waals surface area contributed by atoms with Crippen LogP contribution in [0.5, 0.6) is 17.2 Å². The van der Waals surface area contributed by atoms with Crippen LogP contribution in [0.25, 0.3) is 0 Å². The molecule has 0 bridgehead atoms. The number of para-hydroxylation sites is 1.